The van der Waals surface area contributed by atoms with Crippen LogP contribution in [0, 0.1) is 11.3 Å². The van der Waals surface area contributed by atoms with E-state index in [2.05, 4.69) is 15.4 Å². The first kappa shape index (κ1) is 13.9. The first-order valence-electron chi connectivity index (χ1n) is 5.42. The summed E-state index contributed by atoms with van der Waals surface area (Å²) in [5, 5.41) is 9.16. The second-order valence-electron chi connectivity index (χ2n) is 3.60. The van der Waals surface area contributed by atoms with Crippen molar-refractivity contribution in [3.05, 3.63) is 35.0 Å². The van der Waals surface area contributed by atoms with Crippen molar-refractivity contribution in [3.8, 4) is 23.4 Å². The van der Waals surface area contributed by atoms with Crippen molar-refractivity contribution in [2.75, 3.05) is 12.5 Å². The van der Waals surface area contributed by atoms with Gasteiger partial charge in [0.1, 0.15) is 16.5 Å². The molecular formula is C12H10ClN5O2. The van der Waals surface area contributed by atoms with E-state index in [-0.39, 0.29) is 16.9 Å². The lowest BCUT2D eigenvalue weighted by Crippen LogP contribution is -2.10. The Labute approximate surface area is 119 Å². The van der Waals surface area contributed by atoms with Gasteiger partial charge in [0.25, 0.3) is 0 Å². The molecule has 0 fully saturated rings. The van der Waals surface area contributed by atoms with Gasteiger partial charge in [-0.05, 0) is 12.1 Å². The van der Waals surface area contributed by atoms with E-state index in [0.29, 0.717) is 17.1 Å². The van der Waals surface area contributed by atoms with Crippen LogP contribution in [0.1, 0.15) is 5.56 Å². The molecule has 0 spiro atoms. The predicted octanol–water partition coefficient (Wildman–Crippen LogP) is 2.09. The third-order valence-electron chi connectivity index (χ3n) is 2.30. The van der Waals surface area contributed by atoms with Gasteiger partial charge in [0.05, 0.1) is 24.9 Å². The van der Waals surface area contributed by atoms with Crippen molar-refractivity contribution in [2.24, 2.45) is 5.84 Å². The largest absolute Gasteiger partial charge is 0.497 e. The Kier molecular flexibility index (Phi) is 4.20. The topological polar surface area (TPSA) is 106 Å². The Balaban J connectivity index is 2.37. The van der Waals surface area contributed by atoms with Gasteiger partial charge in [-0.25, -0.2) is 10.8 Å². The zero-order chi connectivity index (χ0) is 14.5. The molecule has 2 rings (SSSR count). The van der Waals surface area contributed by atoms with Crippen molar-refractivity contribution in [2.45, 2.75) is 0 Å². The van der Waals surface area contributed by atoms with Gasteiger partial charge in [-0.3, -0.25) is 5.43 Å². The lowest BCUT2D eigenvalue weighted by molar-refractivity contribution is 0.407. The number of benzene rings is 1. The number of nitrogen functional groups attached to an aromatic ring is 1. The summed E-state index contributed by atoms with van der Waals surface area (Å²) >= 11 is 5.94. The standard InChI is InChI=1S/C12H10ClN5O2/c1-19-8-2-7(5-14)3-9(4-8)20-11-10(13)6-16-12(17-11)18-15/h2-4,6H,15H2,1H3,(H,16,17,18). The normalized spacial score (nSPS) is 9.70. The predicted molar refractivity (Wildman–Crippen MR) is 72.6 cm³/mol. The minimum atomic E-state index is 0.117. The Morgan fingerprint density at radius 2 is 2.10 bits per heavy atom. The van der Waals surface area contributed by atoms with Crippen LogP contribution in [0.2, 0.25) is 5.02 Å². The molecule has 3 N–H and O–H groups in total. The molecule has 0 amide bonds. The number of anilines is 1. The Hall–Kier alpha value is -2.56. The minimum absolute atomic E-state index is 0.117. The molecule has 0 saturated heterocycles. The quantitative estimate of drug-likeness (QED) is 0.656. The molecule has 102 valence electrons. The third kappa shape index (κ3) is 3.06. The summed E-state index contributed by atoms with van der Waals surface area (Å²) in [6, 6.07) is 6.74. The van der Waals surface area contributed by atoms with Crippen molar-refractivity contribution >= 4 is 17.5 Å². The van der Waals surface area contributed by atoms with E-state index in [1.807, 2.05) is 6.07 Å². The van der Waals surface area contributed by atoms with Gasteiger partial charge < -0.3 is 9.47 Å². The van der Waals surface area contributed by atoms with Gasteiger partial charge in [0.15, 0.2) is 0 Å². The number of nitriles is 1. The van der Waals surface area contributed by atoms with Gasteiger partial charge in [0.2, 0.25) is 11.8 Å². The van der Waals surface area contributed by atoms with Gasteiger partial charge in [-0.1, -0.05) is 11.6 Å². The molecule has 1 heterocycles. The van der Waals surface area contributed by atoms with E-state index < -0.39 is 0 Å². The number of hydrazine groups is 1. The maximum absolute atomic E-state index is 8.95. The first-order chi connectivity index (χ1) is 9.66. The molecule has 20 heavy (non-hydrogen) atoms. The van der Waals surface area contributed by atoms with E-state index >= 15 is 0 Å². The molecule has 8 heteroatoms. The molecule has 0 aliphatic carbocycles. The molecular weight excluding hydrogens is 282 g/mol. The van der Waals surface area contributed by atoms with E-state index in [4.69, 9.17) is 32.2 Å². The number of aromatic nitrogens is 2. The van der Waals surface area contributed by atoms with Crippen LogP contribution >= 0.6 is 11.6 Å². The molecule has 0 aliphatic heterocycles. The number of hydrogen-bond acceptors (Lipinski definition) is 7. The molecule has 0 unspecified atom stereocenters. The highest BCUT2D eigenvalue weighted by atomic mass is 35.5. The molecule has 1 aromatic carbocycles. The number of nitrogens with one attached hydrogen (secondary N) is 1. The summed E-state index contributed by atoms with van der Waals surface area (Å²) in [6.45, 7) is 0. The molecule has 0 atom stereocenters. The molecule has 7 nitrogen and oxygen atoms in total. The third-order valence-corrected chi connectivity index (χ3v) is 2.56. The number of methoxy groups -OCH3 is 1. The van der Waals surface area contributed by atoms with Crippen molar-refractivity contribution < 1.29 is 9.47 Å². The maximum atomic E-state index is 8.95. The maximum Gasteiger partial charge on any atom is 0.243 e. The van der Waals surface area contributed by atoms with E-state index in [0.717, 1.165) is 0 Å². The summed E-state index contributed by atoms with van der Waals surface area (Å²) in [5.41, 5.74) is 2.68. The Morgan fingerprint density at radius 1 is 1.35 bits per heavy atom. The summed E-state index contributed by atoms with van der Waals surface area (Å²) in [6.07, 6.45) is 1.35. The van der Waals surface area contributed by atoms with Crippen LogP contribution < -0.4 is 20.7 Å². The SMILES string of the molecule is COc1cc(C#N)cc(Oc2nc(NN)ncc2Cl)c1. The highest BCUT2D eigenvalue weighted by Crippen LogP contribution is 2.30. The molecule has 2 aromatic rings. The fraction of sp³-hybridized carbons (Fsp3) is 0.0833. The molecule has 0 saturated carbocycles. The summed E-state index contributed by atoms with van der Waals surface area (Å²) in [7, 11) is 1.49. The van der Waals surface area contributed by atoms with Crippen molar-refractivity contribution in [1.29, 1.82) is 5.26 Å². The van der Waals surface area contributed by atoms with E-state index in [9.17, 15) is 0 Å². The van der Waals surface area contributed by atoms with Crippen LogP contribution in [-0.4, -0.2) is 17.1 Å². The number of halogens is 1. The van der Waals surface area contributed by atoms with Crippen molar-refractivity contribution in [1.82, 2.24) is 9.97 Å². The van der Waals surface area contributed by atoms with Crippen LogP contribution in [0.4, 0.5) is 5.95 Å². The number of hydrogen-bond donors (Lipinski definition) is 2. The Morgan fingerprint density at radius 3 is 2.75 bits per heavy atom. The second kappa shape index (κ2) is 6.06. The molecule has 0 aliphatic rings. The average Bonchev–Trinajstić information content (AvgIpc) is 2.49. The average molecular weight is 292 g/mol. The zero-order valence-corrected chi connectivity index (χ0v) is 11.2. The van der Waals surface area contributed by atoms with Crippen LogP contribution in [0.15, 0.2) is 24.4 Å². The molecule has 1 aromatic heterocycles. The number of ether oxygens (including phenoxy) is 2. The highest BCUT2D eigenvalue weighted by Gasteiger charge is 2.09. The van der Waals surface area contributed by atoms with Crippen LogP contribution in [0.5, 0.6) is 17.4 Å². The lowest BCUT2D eigenvalue weighted by atomic mass is 10.2. The fourth-order valence-corrected chi connectivity index (χ4v) is 1.55. The highest BCUT2D eigenvalue weighted by molar-refractivity contribution is 6.31. The number of nitrogens with two attached hydrogens (primary N) is 1. The molecule has 0 bridgehead atoms. The summed E-state index contributed by atoms with van der Waals surface area (Å²) in [5.74, 6) is 6.35. The summed E-state index contributed by atoms with van der Waals surface area (Å²) < 4.78 is 10.6. The van der Waals surface area contributed by atoms with Crippen LogP contribution in [0.3, 0.4) is 0 Å². The minimum Gasteiger partial charge on any atom is -0.497 e. The van der Waals surface area contributed by atoms with Crippen LogP contribution in [-0.2, 0) is 0 Å². The van der Waals surface area contributed by atoms with Crippen molar-refractivity contribution in [3.63, 3.8) is 0 Å². The molecule has 0 radical (unpaired) electrons. The Bertz CT molecular complexity index is 671. The number of nitrogens with zero attached hydrogens (tertiary/aromatic N) is 3. The first-order valence-corrected chi connectivity index (χ1v) is 5.80. The number of rotatable bonds is 4. The fourth-order valence-electron chi connectivity index (χ4n) is 1.42. The summed E-state index contributed by atoms with van der Waals surface area (Å²) in [4.78, 5) is 7.80. The second-order valence-corrected chi connectivity index (χ2v) is 4.01. The lowest BCUT2D eigenvalue weighted by Gasteiger charge is -2.09. The van der Waals surface area contributed by atoms with Gasteiger partial charge >= 0.3 is 0 Å². The smallest absolute Gasteiger partial charge is 0.243 e. The van der Waals surface area contributed by atoms with Gasteiger partial charge in [-0.15, -0.1) is 0 Å². The van der Waals surface area contributed by atoms with E-state index in [1.165, 1.54) is 19.4 Å². The van der Waals surface area contributed by atoms with Gasteiger partial charge in [0, 0.05) is 6.07 Å². The van der Waals surface area contributed by atoms with E-state index in [1.54, 1.807) is 12.1 Å². The van der Waals surface area contributed by atoms with Gasteiger partial charge in [-0.2, -0.15) is 10.2 Å². The zero-order valence-electron chi connectivity index (χ0n) is 10.4. The van der Waals surface area contributed by atoms with Crippen LogP contribution in [0.25, 0.3) is 0 Å². The monoisotopic (exact) mass is 291 g/mol.